The second kappa shape index (κ2) is 8.41. The first-order valence-corrected chi connectivity index (χ1v) is 8.81. The highest BCUT2D eigenvalue weighted by Gasteiger charge is 2.15. The fraction of sp³-hybridized carbons (Fsp3) is 0.312. The van der Waals surface area contributed by atoms with Crippen LogP contribution in [0.1, 0.15) is 24.9 Å². The summed E-state index contributed by atoms with van der Waals surface area (Å²) in [6.45, 7) is 3.13. The van der Waals surface area contributed by atoms with E-state index in [-0.39, 0.29) is 6.04 Å². The molecule has 3 N–H and O–H groups in total. The predicted molar refractivity (Wildman–Crippen MR) is 94.6 cm³/mol. The summed E-state index contributed by atoms with van der Waals surface area (Å²) in [5.74, 6) is 1.53. The quantitative estimate of drug-likeness (QED) is 0.719. The third kappa shape index (κ3) is 4.73. The zero-order valence-electron chi connectivity index (χ0n) is 12.1. The van der Waals surface area contributed by atoms with Crippen LogP contribution in [0.15, 0.2) is 52.0 Å². The van der Waals surface area contributed by atoms with Crippen LogP contribution in [0.3, 0.4) is 0 Å². The third-order valence-electron chi connectivity index (χ3n) is 3.13. The summed E-state index contributed by atoms with van der Waals surface area (Å²) in [4.78, 5) is 5.44. The van der Waals surface area contributed by atoms with Gasteiger partial charge in [-0.2, -0.15) is 0 Å². The van der Waals surface area contributed by atoms with Gasteiger partial charge in [0.15, 0.2) is 0 Å². The predicted octanol–water partition coefficient (Wildman–Crippen LogP) is 4.26. The van der Waals surface area contributed by atoms with Crippen LogP contribution in [0.2, 0.25) is 0 Å². The minimum Gasteiger partial charge on any atom is -0.383 e. The second-order valence-electron chi connectivity index (χ2n) is 4.73. The number of pyridine rings is 1. The van der Waals surface area contributed by atoms with Crippen LogP contribution >= 0.6 is 27.7 Å². The van der Waals surface area contributed by atoms with E-state index >= 15 is 0 Å². The van der Waals surface area contributed by atoms with E-state index in [1.807, 2.05) is 23.9 Å². The number of rotatable bonds is 7. The number of halogens is 1. The molecule has 0 aliphatic carbocycles. The van der Waals surface area contributed by atoms with Crippen LogP contribution in [0.5, 0.6) is 0 Å². The third-order valence-corrected chi connectivity index (χ3v) is 5.25. The van der Waals surface area contributed by atoms with Crippen LogP contribution in [-0.4, -0.2) is 17.3 Å². The van der Waals surface area contributed by atoms with Gasteiger partial charge >= 0.3 is 0 Å². The normalized spacial score (nSPS) is 12.3. The molecule has 0 saturated heterocycles. The Bertz CT molecular complexity index is 577. The number of hydrogen-bond donors (Lipinski definition) is 2. The van der Waals surface area contributed by atoms with E-state index in [4.69, 9.17) is 5.73 Å². The largest absolute Gasteiger partial charge is 0.383 e. The number of nitrogens with one attached hydrogen (secondary N) is 1. The van der Waals surface area contributed by atoms with Gasteiger partial charge < -0.3 is 11.1 Å². The van der Waals surface area contributed by atoms with Crippen LogP contribution in [0.25, 0.3) is 0 Å². The molecule has 1 aromatic heterocycles. The first kappa shape index (κ1) is 16.3. The summed E-state index contributed by atoms with van der Waals surface area (Å²) in [5.41, 5.74) is 7.10. The monoisotopic (exact) mass is 365 g/mol. The van der Waals surface area contributed by atoms with E-state index in [2.05, 4.69) is 57.4 Å². The zero-order valence-corrected chi connectivity index (χ0v) is 14.5. The molecule has 3 nitrogen and oxygen atoms in total. The number of anilines is 1. The molecular formula is C16H20BrN3S. The summed E-state index contributed by atoms with van der Waals surface area (Å²) < 4.78 is 1.13. The van der Waals surface area contributed by atoms with E-state index in [9.17, 15) is 0 Å². The minimum absolute atomic E-state index is 0.204. The lowest BCUT2D eigenvalue weighted by molar-refractivity contribution is 0.577. The Morgan fingerprint density at radius 3 is 2.81 bits per heavy atom. The lowest BCUT2D eigenvalue weighted by atomic mass is 10.1. The lowest BCUT2D eigenvalue weighted by Gasteiger charge is -2.20. The van der Waals surface area contributed by atoms with Gasteiger partial charge in [-0.3, -0.25) is 0 Å². The molecule has 1 atom stereocenters. The fourth-order valence-corrected chi connectivity index (χ4v) is 3.69. The number of thioether (sulfide) groups is 1. The van der Waals surface area contributed by atoms with Crippen LogP contribution in [-0.2, 0) is 0 Å². The van der Waals surface area contributed by atoms with Gasteiger partial charge in [-0.25, -0.2) is 4.98 Å². The van der Waals surface area contributed by atoms with Crippen molar-refractivity contribution in [3.05, 3.63) is 52.6 Å². The summed E-state index contributed by atoms with van der Waals surface area (Å²) in [7, 11) is 0. The van der Waals surface area contributed by atoms with E-state index < -0.39 is 0 Å². The van der Waals surface area contributed by atoms with Crippen molar-refractivity contribution in [2.75, 3.05) is 18.0 Å². The first-order chi connectivity index (χ1) is 10.2. The van der Waals surface area contributed by atoms with Crippen LogP contribution in [0.4, 0.5) is 5.82 Å². The zero-order chi connectivity index (χ0) is 15.1. The molecule has 0 amide bonds. The number of nitrogen functional groups attached to an aromatic ring is 1. The average molecular weight is 366 g/mol. The summed E-state index contributed by atoms with van der Waals surface area (Å²) in [6.07, 6.45) is 2.83. The number of nitrogens with two attached hydrogens (primary N) is 1. The Labute approximate surface area is 138 Å². The van der Waals surface area contributed by atoms with Gasteiger partial charge in [0.2, 0.25) is 0 Å². The molecule has 0 aliphatic heterocycles. The molecule has 0 spiro atoms. The Hall–Kier alpha value is -1.04. The van der Waals surface area contributed by atoms with Crippen molar-refractivity contribution < 1.29 is 0 Å². The number of hydrogen-bond acceptors (Lipinski definition) is 4. The molecule has 0 radical (unpaired) electrons. The van der Waals surface area contributed by atoms with Crippen molar-refractivity contribution in [2.45, 2.75) is 24.3 Å². The van der Waals surface area contributed by atoms with Gasteiger partial charge in [0.25, 0.3) is 0 Å². The molecule has 2 aromatic rings. The lowest BCUT2D eigenvalue weighted by Crippen LogP contribution is -2.25. The molecule has 5 heteroatoms. The van der Waals surface area contributed by atoms with Gasteiger partial charge in [0, 0.05) is 32.9 Å². The molecular weight excluding hydrogens is 346 g/mol. The Balaban J connectivity index is 2.10. The maximum atomic E-state index is 6.02. The average Bonchev–Trinajstić information content (AvgIpc) is 2.50. The molecule has 0 saturated carbocycles. The smallest absolute Gasteiger partial charge is 0.128 e. The van der Waals surface area contributed by atoms with Crippen molar-refractivity contribution in [1.29, 1.82) is 0 Å². The molecule has 1 aromatic carbocycles. The van der Waals surface area contributed by atoms with Crippen molar-refractivity contribution in [2.24, 2.45) is 0 Å². The van der Waals surface area contributed by atoms with Gasteiger partial charge in [-0.05, 0) is 47.1 Å². The van der Waals surface area contributed by atoms with E-state index in [0.29, 0.717) is 5.82 Å². The second-order valence-corrected chi connectivity index (χ2v) is 6.64. The Morgan fingerprint density at radius 2 is 2.10 bits per heavy atom. The first-order valence-electron chi connectivity index (χ1n) is 7.03. The van der Waals surface area contributed by atoms with Crippen LogP contribution in [0, 0.1) is 0 Å². The van der Waals surface area contributed by atoms with Gasteiger partial charge in [-0.15, -0.1) is 11.8 Å². The van der Waals surface area contributed by atoms with E-state index in [1.54, 1.807) is 6.20 Å². The molecule has 2 rings (SSSR count). The van der Waals surface area contributed by atoms with Gasteiger partial charge in [-0.1, -0.05) is 25.1 Å². The van der Waals surface area contributed by atoms with E-state index in [1.165, 1.54) is 4.90 Å². The molecule has 0 fully saturated rings. The standard InChI is InChI=1S/C16H20BrN3S/c1-2-9-19-14(12-6-5-10-20-16(12)18)11-21-15-8-4-3-7-13(15)17/h3-8,10,14,19H,2,9,11H2,1H3,(H2,18,20). The van der Waals surface area contributed by atoms with Crippen molar-refractivity contribution in [3.8, 4) is 0 Å². The maximum Gasteiger partial charge on any atom is 0.128 e. The molecule has 1 unspecified atom stereocenters. The minimum atomic E-state index is 0.204. The van der Waals surface area contributed by atoms with Crippen LogP contribution < -0.4 is 11.1 Å². The maximum absolute atomic E-state index is 6.02. The van der Waals surface area contributed by atoms with E-state index in [0.717, 1.165) is 28.8 Å². The molecule has 0 bridgehead atoms. The van der Waals surface area contributed by atoms with Crippen molar-refractivity contribution >= 4 is 33.5 Å². The number of benzene rings is 1. The summed E-state index contributed by atoms with van der Waals surface area (Å²) in [5, 5.41) is 3.56. The van der Waals surface area contributed by atoms with Crippen molar-refractivity contribution in [1.82, 2.24) is 10.3 Å². The summed E-state index contributed by atoms with van der Waals surface area (Å²) in [6, 6.07) is 12.5. The van der Waals surface area contributed by atoms with Crippen molar-refractivity contribution in [3.63, 3.8) is 0 Å². The molecule has 0 aliphatic rings. The van der Waals surface area contributed by atoms with Gasteiger partial charge in [0.1, 0.15) is 5.82 Å². The highest BCUT2D eigenvalue weighted by Crippen LogP contribution is 2.31. The Morgan fingerprint density at radius 1 is 1.29 bits per heavy atom. The Kier molecular flexibility index (Phi) is 6.54. The molecule has 21 heavy (non-hydrogen) atoms. The number of nitrogens with zero attached hydrogens (tertiary/aromatic N) is 1. The highest BCUT2D eigenvalue weighted by atomic mass is 79.9. The molecule has 1 heterocycles. The highest BCUT2D eigenvalue weighted by molar-refractivity contribution is 9.10. The topological polar surface area (TPSA) is 50.9 Å². The summed E-state index contributed by atoms with van der Waals surface area (Å²) >= 11 is 5.41. The SMILES string of the molecule is CCCNC(CSc1ccccc1Br)c1cccnc1N. The number of aromatic nitrogens is 1. The molecule has 112 valence electrons. The van der Waals surface area contributed by atoms with Gasteiger partial charge in [0.05, 0.1) is 0 Å². The fourth-order valence-electron chi connectivity index (χ4n) is 2.04.